The lowest BCUT2D eigenvalue weighted by molar-refractivity contribution is -0.135. The third-order valence-corrected chi connectivity index (χ3v) is 13.2. The third kappa shape index (κ3) is 22.0. The molecule has 0 aliphatic carbocycles. The first-order valence-electron chi connectivity index (χ1n) is 16.1. The lowest BCUT2D eigenvalue weighted by Crippen LogP contribution is -2.42. The normalized spacial score (nSPS) is 12.6. The number of hydrogen-bond donors (Lipinski definition) is 0. The van der Waals surface area contributed by atoms with E-state index in [-0.39, 0.29) is 0 Å². The van der Waals surface area contributed by atoms with Gasteiger partial charge < -0.3 is 36.0 Å². The maximum absolute atomic E-state index is 11.8. The molecule has 0 radical (unpaired) electrons. The van der Waals surface area contributed by atoms with Gasteiger partial charge in [-0.15, -0.1) is 0 Å². The summed E-state index contributed by atoms with van der Waals surface area (Å²) in [5.74, 6) is -1.22. The molecule has 10 nitrogen and oxygen atoms in total. The van der Waals surface area contributed by atoms with Gasteiger partial charge in [0.25, 0.3) is 0 Å². The Bertz CT molecular complexity index is 715. The van der Waals surface area contributed by atoms with E-state index >= 15 is 0 Å². The zero-order valence-electron chi connectivity index (χ0n) is 28.3. The van der Waals surface area contributed by atoms with Crippen molar-refractivity contribution in [3.05, 3.63) is 36.8 Å². The highest BCUT2D eigenvalue weighted by molar-refractivity contribution is 6.60. The van der Waals surface area contributed by atoms with E-state index in [4.69, 9.17) is 36.0 Å². The van der Waals surface area contributed by atoms with Crippen LogP contribution in [0.2, 0.25) is 12.1 Å². The molecule has 0 rings (SSSR count). The van der Waals surface area contributed by atoms with Crippen LogP contribution in [0.4, 0.5) is 0 Å². The largest absolute Gasteiger partial charge is 0.500 e. The van der Waals surface area contributed by atoms with Gasteiger partial charge in [0, 0.05) is 66.9 Å². The Balaban J connectivity index is 3.69. The molecule has 0 aromatic rings. The molecule has 0 aromatic carbocycles. The first kappa shape index (κ1) is 42.4. The number of esters is 2. The van der Waals surface area contributed by atoms with E-state index in [0.717, 1.165) is 88.4 Å². The van der Waals surface area contributed by atoms with Crippen molar-refractivity contribution in [1.82, 2.24) is 0 Å². The van der Waals surface area contributed by atoms with E-state index in [2.05, 4.69) is 0 Å². The average molecular weight is 661 g/mol. The maximum atomic E-state index is 11.8. The monoisotopic (exact) mass is 660 g/mol. The van der Waals surface area contributed by atoms with Crippen molar-refractivity contribution in [2.24, 2.45) is 0 Å². The molecule has 0 aliphatic rings. The van der Waals surface area contributed by atoms with E-state index < -0.39 is 29.5 Å². The van der Waals surface area contributed by atoms with Crippen LogP contribution in [0.5, 0.6) is 0 Å². The van der Waals surface area contributed by atoms with Crippen molar-refractivity contribution in [2.75, 3.05) is 42.7 Å². The van der Waals surface area contributed by atoms with Gasteiger partial charge in [0.1, 0.15) is 0 Å². The standard InChI is InChI=1S/C32H60O10Si2/c1-35-43(36-2,37-3)29-23-19-15-11-7-9-13-17-21-27-41-31(33)25-26-32(34)42-28-22-18-14-10-8-12-16-20-24-30-44(38-4,39-5)40-6/h21-22,25-28H,7-20,23-24,29-30H2,1-6H3. The molecule has 44 heavy (non-hydrogen) atoms. The molecule has 0 saturated carbocycles. The minimum absolute atomic E-state index is 0.609. The van der Waals surface area contributed by atoms with E-state index in [9.17, 15) is 9.59 Å². The van der Waals surface area contributed by atoms with Crippen LogP contribution < -0.4 is 0 Å². The van der Waals surface area contributed by atoms with Crippen LogP contribution in [0.3, 0.4) is 0 Å². The van der Waals surface area contributed by atoms with Gasteiger partial charge in [-0.25, -0.2) is 9.59 Å². The molecular formula is C32H60O10Si2. The van der Waals surface area contributed by atoms with Crippen molar-refractivity contribution in [3.63, 3.8) is 0 Å². The molecule has 0 fully saturated rings. The zero-order valence-corrected chi connectivity index (χ0v) is 30.3. The number of unbranched alkanes of at least 4 members (excludes halogenated alkanes) is 14. The van der Waals surface area contributed by atoms with Gasteiger partial charge in [0.2, 0.25) is 0 Å². The van der Waals surface area contributed by atoms with Crippen LogP contribution in [-0.2, 0) is 45.6 Å². The molecule has 12 heteroatoms. The molecule has 0 saturated heterocycles. The summed E-state index contributed by atoms with van der Waals surface area (Å²) >= 11 is 0. The van der Waals surface area contributed by atoms with Crippen molar-refractivity contribution in [2.45, 2.75) is 115 Å². The summed E-state index contributed by atoms with van der Waals surface area (Å²) in [6, 6.07) is 1.69. The molecule has 0 N–H and O–H groups in total. The van der Waals surface area contributed by atoms with Crippen LogP contribution in [0, 0.1) is 0 Å². The van der Waals surface area contributed by atoms with Gasteiger partial charge in [-0.1, -0.05) is 64.2 Å². The molecular weight excluding hydrogens is 601 g/mol. The second kappa shape index (κ2) is 28.8. The van der Waals surface area contributed by atoms with Crippen molar-refractivity contribution in [3.8, 4) is 0 Å². The summed E-state index contributed by atoms with van der Waals surface area (Å²) in [7, 11) is 5.04. The Morgan fingerprint density at radius 1 is 0.432 bits per heavy atom. The lowest BCUT2D eigenvalue weighted by Gasteiger charge is -2.24. The summed E-state index contributed by atoms with van der Waals surface area (Å²) in [6.45, 7) is 0. The van der Waals surface area contributed by atoms with Crippen LogP contribution in [0.1, 0.15) is 103 Å². The van der Waals surface area contributed by atoms with Crippen molar-refractivity contribution in [1.29, 1.82) is 0 Å². The minimum atomic E-state index is -2.43. The van der Waals surface area contributed by atoms with Gasteiger partial charge >= 0.3 is 29.5 Å². The number of ether oxygens (including phenoxy) is 2. The Labute approximate surface area is 269 Å². The molecule has 0 aliphatic heterocycles. The first-order chi connectivity index (χ1) is 21.4. The fourth-order valence-corrected chi connectivity index (χ4v) is 8.26. The minimum Gasteiger partial charge on any atom is -0.432 e. The predicted molar refractivity (Wildman–Crippen MR) is 177 cm³/mol. The molecule has 0 unspecified atom stereocenters. The van der Waals surface area contributed by atoms with Crippen LogP contribution in [0.15, 0.2) is 36.8 Å². The molecule has 0 aromatic heterocycles. The average Bonchev–Trinajstić information content (AvgIpc) is 3.05. The molecule has 256 valence electrons. The fourth-order valence-electron chi connectivity index (χ4n) is 4.67. The number of carbonyl (C=O) groups excluding carboxylic acids is 2. The van der Waals surface area contributed by atoms with E-state index in [1.165, 1.54) is 51.0 Å². The van der Waals surface area contributed by atoms with Crippen LogP contribution in [0.25, 0.3) is 0 Å². The molecule has 0 atom stereocenters. The Kier molecular flexibility index (Phi) is 27.7. The van der Waals surface area contributed by atoms with Crippen LogP contribution in [-0.4, -0.2) is 72.2 Å². The summed E-state index contributed by atoms with van der Waals surface area (Å²) in [4.78, 5) is 23.5. The van der Waals surface area contributed by atoms with E-state index in [1.54, 1.807) is 42.7 Å². The summed E-state index contributed by atoms with van der Waals surface area (Å²) in [5, 5.41) is 0. The number of allylic oxidation sites excluding steroid dienone is 2. The van der Waals surface area contributed by atoms with Gasteiger partial charge in [0.15, 0.2) is 0 Å². The topological polar surface area (TPSA) is 108 Å². The zero-order chi connectivity index (χ0) is 32.8. The fraction of sp³-hybridized carbons (Fsp3) is 0.750. The van der Waals surface area contributed by atoms with Gasteiger partial charge in [-0.2, -0.15) is 0 Å². The summed E-state index contributed by atoms with van der Waals surface area (Å²) in [5.41, 5.74) is 0. The highest BCUT2D eigenvalue weighted by atomic mass is 28.4. The predicted octanol–water partition coefficient (Wildman–Crippen LogP) is 7.65. The number of hydrogen-bond acceptors (Lipinski definition) is 10. The Morgan fingerprint density at radius 2 is 0.705 bits per heavy atom. The Morgan fingerprint density at radius 3 is 1.00 bits per heavy atom. The van der Waals surface area contributed by atoms with Crippen molar-refractivity contribution < 1.29 is 45.6 Å². The lowest BCUT2D eigenvalue weighted by atomic mass is 10.1. The highest BCUT2D eigenvalue weighted by Gasteiger charge is 2.37. The molecule has 0 heterocycles. The second-order valence-electron chi connectivity index (χ2n) is 10.6. The number of rotatable bonds is 30. The van der Waals surface area contributed by atoms with Gasteiger partial charge in [-0.3, -0.25) is 0 Å². The van der Waals surface area contributed by atoms with Gasteiger partial charge in [-0.05, 0) is 50.7 Å². The molecule has 0 spiro atoms. The van der Waals surface area contributed by atoms with Crippen LogP contribution >= 0.6 is 0 Å². The summed E-state index contributed by atoms with van der Waals surface area (Å²) < 4.78 is 42.6. The number of carbonyl (C=O) groups is 2. The van der Waals surface area contributed by atoms with Gasteiger partial charge in [0.05, 0.1) is 12.5 Å². The van der Waals surface area contributed by atoms with E-state index in [1.807, 2.05) is 12.2 Å². The summed E-state index contributed by atoms with van der Waals surface area (Å²) in [6.07, 6.45) is 26.1. The first-order valence-corrected chi connectivity index (χ1v) is 19.9. The maximum Gasteiger partial charge on any atom is 0.500 e. The highest BCUT2D eigenvalue weighted by Crippen LogP contribution is 2.19. The SMILES string of the molecule is CO[Si](CCCCCCCCCC=COC(=O)C=CC(=O)OC=CCCCCCCCCC[Si](OC)(OC)OC)(OC)OC. The smallest absolute Gasteiger partial charge is 0.432 e. The second-order valence-corrected chi connectivity index (χ2v) is 16.8. The Hall–Kier alpha value is -1.65. The third-order valence-electron chi connectivity index (χ3n) is 7.49. The van der Waals surface area contributed by atoms with Crippen molar-refractivity contribution >= 4 is 29.5 Å². The van der Waals surface area contributed by atoms with E-state index in [0.29, 0.717) is 0 Å². The molecule has 0 bridgehead atoms. The molecule has 0 amide bonds. The quantitative estimate of drug-likeness (QED) is 0.0251.